The van der Waals surface area contributed by atoms with Crippen molar-refractivity contribution in [2.24, 2.45) is 0 Å². The minimum Gasteiger partial charge on any atom is -0.396 e. The summed E-state index contributed by atoms with van der Waals surface area (Å²) in [5.74, 6) is -0.876. The minimum absolute atomic E-state index is 0.0997. The largest absolute Gasteiger partial charge is 0.396 e. The van der Waals surface area contributed by atoms with E-state index in [1.54, 1.807) is 4.90 Å². The van der Waals surface area contributed by atoms with Crippen LogP contribution in [0.3, 0.4) is 0 Å². The lowest BCUT2D eigenvalue weighted by atomic mass is 10.1. The summed E-state index contributed by atoms with van der Waals surface area (Å²) in [6, 6.07) is 4.37. The lowest BCUT2D eigenvalue weighted by Crippen LogP contribution is -2.41. The molecule has 4 nitrogen and oxygen atoms in total. The van der Waals surface area contributed by atoms with Crippen molar-refractivity contribution < 1.29 is 14.3 Å². The van der Waals surface area contributed by atoms with Gasteiger partial charge < -0.3 is 15.7 Å². The maximum Gasteiger partial charge on any atom is 0.256 e. The number of nitrogen functional groups attached to an aromatic ring is 1. The van der Waals surface area contributed by atoms with Crippen molar-refractivity contribution in [1.82, 2.24) is 4.90 Å². The molecule has 1 aromatic rings. The highest BCUT2D eigenvalue weighted by molar-refractivity contribution is 5.99. The number of nitrogens with two attached hydrogens (primary N) is 1. The summed E-state index contributed by atoms with van der Waals surface area (Å²) in [7, 11) is 0. The number of anilines is 1. The van der Waals surface area contributed by atoms with Crippen molar-refractivity contribution >= 4 is 11.6 Å². The van der Waals surface area contributed by atoms with E-state index in [9.17, 15) is 9.18 Å². The van der Waals surface area contributed by atoms with Gasteiger partial charge in [0.05, 0.1) is 17.9 Å². The predicted molar refractivity (Wildman–Crippen MR) is 71.2 cm³/mol. The molecule has 0 saturated heterocycles. The molecule has 0 aromatic heterocycles. The van der Waals surface area contributed by atoms with Crippen LogP contribution < -0.4 is 5.73 Å². The van der Waals surface area contributed by atoms with Crippen molar-refractivity contribution in [2.75, 3.05) is 18.9 Å². The average molecular weight is 266 g/mol. The number of aliphatic hydroxyl groups excluding tert-OH is 1. The van der Waals surface area contributed by atoms with Crippen LogP contribution in [-0.4, -0.2) is 35.1 Å². The van der Waals surface area contributed by atoms with Crippen LogP contribution in [0.1, 0.15) is 36.0 Å². The van der Waals surface area contributed by atoms with Gasteiger partial charge in [0.15, 0.2) is 0 Å². The molecule has 3 N–H and O–H groups in total. The van der Waals surface area contributed by atoms with Crippen LogP contribution in [-0.2, 0) is 0 Å². The Balaban J connectivity index is 2.25. The van der Waals surface area contributed by atoms with Gasteiger partial charge in [-0.3, -0.25) is 4.79 Å². The molecule has 1 aliphatic rings. The number of hydrogen-bond acceptors (Lipinski definition) is 3. The quantitative estimate of drug-likeness (QED) is 0.816. The van der Waals surface area contributed by atoms with Gasteiger partial charge in [0.1, 0.15) is 5.82 Å². The molecule has 0 atom stereocenters. The summed E-state index contributed by atoms with van der Waals surface area (Å²) in [6.07, 6.45) is 4.03. The summed E-state index contributed by atoms with van der Waals surface area (Å²) in [6.45, 7) is 0.164. The minimum atomic E-state index is -0.582. The number of amides is 1. The SMILES string of the molecule is Nc1c(F)cccc1C(=O)N(CCO)C1CCCC1. The lowest BCUT2D eigenvalue weighted by molar-refractivity contribution is 0.0638. The second kappa shape index (κ2) is 6.02. The van der Waals surface area contributed by atoms with Crippen molar-refractivity contribution in [3.8, 4) is 0 Å². The van der Waals surface area contributed by atoms with E-state index in [1.165, 1.54) is 18.2 Å². The number of carbonyl (C=O) groups is 1. The van der Waals surface area contributed by atoms with Crippen molar-refractivity contribution in [3.05, 3.63) is 29.6 Å². The molecule has 1 saturated carbocycles. The monoisotopic (exact) mass is 266 g/mol. The van der Waals surface area contributed by atoms with E-state index in [0.29, 0.717) is 0 Å². The number of hydrogen-bond donors (Lipinski definition) is 2. The van der Waals surface area contributed by atoms with Crippen LogP contribution in [0, 0.1) is 5.82 Å². The molecule has 1 aliphatic carbocycles. The summed E-state index contributed by atoms with van der Waals surface area (Å²) < 4.78 is 13.4. The lowest BCUT2D eigenvalue weighted by Gasteiger charge is -2.28. The van der Waals surface area contributed by atoms with Crippen LogP contribution in [0.4, 0.5) is 10.1 Å². The second-order valence-electron chi connectivity index (χ2n) is 4.86. The molecule has 0 bridgehead atoms. The van der Waals surface area contributed by atoms with Crippen molar-refractivity contribution in [2.45, 2.75) is 31.7 Å². The van der Waals surface area contributed by atoms with Gasteiger partial charge >= 0.3 is 0 Å². The van der Waals surface area contributed by atoms with E-state index in [0.717, 1.165) is 25.7 Å². The van der Waals surface area contributed by atoms with E-state index in [2.05, 4.69) is 0 Å². The fourth-order valence-corrected chi connectivity index (χ4v) is 2.65. The van der Waals surface area contributed by atoms with Gasteiger partial charge in [0.25, 0.3) is 5.91 Å². The van der Waals surface area contributed by atoms with Gasteiger partial charge in [0.2, 0.25) is 0 Å². The maximum atomic E-state index is 13.4. The standard InChI is InChI=1S/C14H19FN2O2/c15-12-7-3-6-11(13(12)16)14(19)17(8-9-18)10-4-1-2-5-10/h3,6-7,10,18H,1-2,4-5,8-9,16H2. The summed E-state index contributed by atoms with van der Waals surface area (Å²) in [5, 5.41) is 9.12. The molecule has 19 heavy (non-hydrogen) atoms. The van der Waals surface area contributed by atoms with Crippen molar-refractivity contribution in [3.63, 3.8) is 0 Å². The predicted octanol–water partition coefficient (Wildman–Crippen LogP) is 1.79. The first-order valence-electron chi connectivity index (χ1n) is 6.61. The maximum absolute atomic E-state index is 13.4. The van der Waals surface area contributed by atoms with E-state index < -0.39 is 5.82 Å². The normalized spacial score (nSPS) is 15.7. The zero-order valence-electron chi connectivity index (χ0n) is 10.8. The third kappa shape index (κ3) is 2.87. The Morgan fingerprint density at radius 2 is 2.11 bits per heavy atom. The van der Waals surface area contributed by atoms with Crippen LogP contribution in [0.2, 0.25) is 0 Å². The number of para-hydroxylation sites is 1. The molecule has 1 aromatic carbocycles. The number of carbonyl (C=O) groups excluding carboxylic acids is 1. The number of rotatable bonds is 4. The smallest absolute Gasteiger partial charge is 0.256 e. The third-order valence-corrected chi connectivity index (χ3v) is 3.65. The first kappa shape index (κ1) is 13.8. The highest BCUT2D eigenvalue weighted by Crippen LogP contribution is 2.26. The van der Waals surface area contributed by atoms with Crippen molar-refractivity contribution in [1.29, 1.82) is 0 Å². The Kier molecular flexibility index (Phi) is 4.37. The fraction of sp³-hybridized carbons (Fsp3) is 0.500. The van der Waals surface area contributed by atoms with Gasteiger partial charge in [-0.2, -0.15) is 0 Å². The molecular formula is C14H19FN2O2. The van der Waals surface area contributed by atoms with Gasteiger partial charge in [0, 0.05) is 12.6 Å². The molecule has 0 heterocycles. The molecule has 1 fully saturated rings. The molecule has 0 unspecified atom stereocenters. The Morgan fingerprint density at radius 1 is 1.42 bits per heavy atom. The molecule has 0 radical (unpaired) electrons. The number of benzene rings is 1. The Morgan fingerprint density at radius 3 is 2.74 bits per heavy atom. The number of nitrogens with zero attached hydrogens (tertiary/aromatic N) is 1. The highest BCUT2D eigenvalue weighted by Gasteiger charge is 2.28. The zero-order valence-corrected chi connectivity index (χ0v) is 10.8. The summed E-state index contributed by atoms with van der Waals surface area (Å²) >= 11 is 0. The first-order chi connectivity index (χ1) is 9.15. The fourth-order valence-electron chi connectivity index (χ4n) is 2.65. The van der Waals surface area contributed by atoms with E-state index in [-0.39, 0.29) is 36.4 Å². The highest BCUT2D eigenvalue weighted by atomic mass is 19.1. The topological polar surface area (TPSA) is 66.6 Å². The number of aliphatic hydroxyl groups is 1. The van der Waals surface area contributed by atoms with Gasteiger partial charge in [-0.25, -0.2) is 4.39 Å². The second-order valence-corrected chi connectivity index (χ2v) is 4.86. The van der Waals surface area contributed by atoms with Gasteiger partial charge in [-0.1, -0.05) is 18.9 Å². The average Bonchev–Trinajstić information content (AvgIpc) is 2.92. The molecule has 0 aliphatic heterocycles. The Hall–Kier alpha value is -1.62. The molecule has 104 valence electrons. The van der Waals surface area contributed by atoms with Gasteiger partial charge in [-0.15, -0.1) is 0 Å². The van der Waals surface area contributed by atoms with Crippen LogP contribution in [0.15, 0.2) is 18.2 Å². The summed E-state index contributed by atoms with van der Waals surface area (Å²) in [5.41, 5.74) is 5.69. The van der Waals surface area contributed by atoms with Gasteiger partial charge in [-0.05, 0) is 25.0 Å². The van der Waals surface area contributed by atoms with Crippen LogP contribution in [0.5, 0.6) is 0 Å². The third-order valence-electron chi connectivity index (χ3n) is 3.65. The Labute approximate surface area is 112 Å². The molecular weight excluding hydrogens is 247 g/mol. The van der Waals surface area contributed by atoms with Crippen LogP contribution >= 0.6 is 0 Å². The van der Waals surface area contributed by atoms with E-state index >= 15 is 0 Å². The zero-order chi connectivity index (χ0) is 13.8. The summed E-state index contributed by atoms with van der Waals surface area (Å²) in [4.78, 5) is 14.1. The molecule has 1 amide bonds. The Bertz CT molecular complexity index is 459. The van der Waals surface area contributed by atoms with E-state index in [1.807, 2.05) is 0 Å². The molecule has 2 rings (SSSR count). The number of halogens is 1. The molecule has 0 spiro atoms. The van der Waals surface area contributed by atoms with E-state index in [4.69, 9.17) is 10.8 Å². The van der Waals surface area contributed by atoms with Crippen LogP contribution in [0.25, 0.3) is 0 Å². The molecule has 5 heteroatoms. The first-order valence-corrected chi connectivity index (χ1v) is 6.61.